The van der Waals surface area contributed by atoms with Gasteiger partial charge in [-0.1, -0.05) is 62.4 Å². The number of alkyl carbamates (subject to hydrolysis) is 1. The highest BCUT2D eigenvalue weighted by Crippen LogP contribution is 2.44. The molecule has 0 heterocycles. The van der Waals surface area contributed by atoms with Gasteiger partial charge in [0.1, 0.15) is 12.6 Å². The molecule has 0 fully saturated rings. The molecule has 0 saturated heterocycles. The van der Waals surface area contributed by atoms with Crippen LogP contribution < -0.4 is 10.6 Å². The molecule has 7 heteroatoms. The van der Waals surface area contributed by atoms with E-state index in [4.69, 9.17) is 9.84 Å². The predicted molar refractivity (Wildman–Crippen MR) is 112 cm³/mol. The standard InChI is InChI=1S/C23H26N2O5/c1-3-20(22(27)28)25-21(26)14(2)12-24-23(29)30-13-19-17-10-6-4-8-15(17)16-9-5-7-11-18(16)19/h4-11,14,19-20H,3,12-13H2,1-2H3,(H,24,29)(H,25,26)(H,27,28)/t14?,20-/m0/s1. The first-order valence-corrected chi connectivity index (χ1v) is 10.0. The molecule has 1 aliphatic carbocycles. The van der Waals surface area contributed by atoms with Gasteiger partial charge >= 0.3 is 12.1 Å². The zero-order valence-corrected chi connectivity index (χ0v) is 17.1. The molecule has 2 amide bonds. The molecule has 1 unspecified atom stereocenters. The van der Waals surface area contributed by atoms with Crippen LogP contribution in [-0.4, -0.2) is 42.3 Å². The molecule has 158 valence electrons. The van der Waals surface area contributed by atoms with Crippen molar-refractivity contribution < 1.29 is 24.2 Å². The molecule has 3 rings (SSSR count). The quantitative estimate of drug-likeness (QED) is 0.620. The molecule has 2 aromatic carbocycles. The molecule has 0 radical (unpaired) electrons. The Bertz CT molecular complexity index is 897. The van der Waals surface area contributed by atoms with Crippen molar-refractivity contribution in [1.82, 2.24) is 10.6 Å². The summed E-state index contributed by atoms with van der Waals surface area (Å²) in [6.07, 6.45) is -0.324. The van der Waals surface area contributed by atoms with E-state index in [1.165, 1.54) is 0 Å². The highest BCUT2D eigenvalue weighted by atomic mass is 16.5. The van der Waals surface area contributed by atoms with E-state index in [1.54, 1.807) is 13.8 Å². The maximum absolute atomic E-state index is 12.2. The van der Waals surface area contributed by atoms with Crippen LogP contribution in [0.1, 0.15) is 37.3 Å². The Kier molecular flexibility index (Phi) is 6.72. The zero-order valence-electron chi connectivity index (χ0n) is 17.1. The van der Waals surface area contributed by atoms with Crippen molar-refractivity contribution >= 4 is 18.0 Å². The van der Waals surface area contributed by atoms with Gasteiger partial charge in [-0.15, -0.1) is 0 Å². The average molecular weight is 410 g/mol. The lowest BCUT2D eigenvalue weighted by molar-refractivity contribution is -0.142. The Morgan fingerprint density at radius 2 is 1.60 bits per heavy atom. The highest BCUT2D eigenvalue weighted by Gasteiger charge is 2.29. The number of ether oxygens (including phenoxy) is 1. The number of rotatable bonds is 8. The van der Waals surface area contributed by atoms with Crippen LogP contribution in [0, 0.1) is 5.92 Å². The molecule has 0 saturated carbocycles. The Labute approximate surface area is 175 Å². The van der Waals surface area contributed by atoms with Crippen LogP contribution in [0.5, 0.6) is 0 Å². The van der Waals surface area contributed by atoms with E-state index in [1.807, 2.05) is 36.4 Å². The lowest BCUT2D eigenvalue weighted by atomic mass is 9.98. The van der Waals surface area contributed by atoms with E-state index in [0.29, 0.717) is 0 Å². The van der Waals surface area contributed by atoms with Crippen molar-refractivity contribution in [3.63, 3.8) is 0 Å². The molecular weight excluding hydrogens is 384 g/mol. The minimum atomic E-state index is -1.08. The third kappa shape index (κ3) is 4.62. The number of fused-ring (bicyclic) bond motifs is 3. The fourth-order valence-corrected chi connectivity index (χ4v) is 3.63. The van der Waals surface area contributed by atoms with Gasteiger partial charge in [-0.3, -0.25) is 4.79 Å². The number of hydrogen-bond acceptors (Lipinski definition) is 4. The van der Waals surface area contributed by atoms with E-state index < -0.39 is 29.9 Å². The summed E-state index contributed by atoms with van der Waals surface area (Å²) < 4.78 is 5.43. The van der Waals surface area contributed by atoms with Crippen LogP contribution in [0.25, 0.3) is 11.1 Å². The monoisotopic (exact) mass is 410 g/mol. The molecule has 3 N–H and O–H groups in total. The largest absolute Gasteiger partial charge is 0.480 e. The van der Waals surface area contributed by atoms with Gasteiger partial charge in [0.05, 0.1) is 5.92 Å². The number of carbonyl (C=O) groups excluding carboxylic acids is 2. The van der Waals surface area contributed by atoms with Gasteiger partial charge in [-0.05, 0) is 28.7 Å². The fraction of sp³-hybridized carbons (Fsp3) is 0.348. The second kappa shape index (κ2) is 9.43. The molecule has 0 spiro atoms. The number of nitrogens with one attached hydrogen (secondary N) is 2. The number of benzene rings is 2. The van der Waals surface area contributed by atoms with Crippen molar-refractivity contribution in [2.24, 2.45) is 5.92 Å². The van der Waals surface area contributed by atoms with E-state index >= 15 is 0 Å². The van der Waals surface area contributed by atoms with Crippen molar-refractivity contribution in [3.05, 3.63) is 59.7 Å². The Morgan fingerprint density at radius 3 is 2.13 bits per heavy atom. The molecule has 0 bridgehead atoms. The van der Waals surface area contributed by atoms with Crippen LogP contribution in [0.4, 0.5) is 4.79 Å². The average Bonchev–Trinajstić information content (AvgIpc) is 3.07. The molecule has 0 aromatic heterocycles. The first kappa shape index (κ1) is 21.4. The maximum atomic E-state index is 12.2. The number of amides is 2. The molecule has 2 aromatic rings. The van der Waals surface area contributed by atoms with Gasteiger partial charge in [0.25, 0.3) is 0 Å². The summed E-state index contributed by atoms with van der Waals surface area (Å²) in [7, 11) is 0. The molecule has 7 nitrogen and oxygen atoms in total. The summed E-state index contributed by atoms with van der Waals surface area (Å²) in [5.74, 6) is -2.13. The van der Waals surface area contributed by atoms with Crippen molar-refractivity contribution in [2.75, 3.05) is 13.2 Å². The second-order valence-corrected chi connectivity index (χ2v) is 7.42. The summed E-state index contributed by atoms with van der Waals surface area (Å²) in [6, 6.07) is 15.2. The number of carboxylic acids is 1. The fourth-order valence-electron chi connectivity index (χ4n) is 3.63. The number of carboxylic acid groups (broad SMARTS) is 1. The first-order chi connectivity index (χ1) is 14.4. The van der Waals surface area contributed by atoms with Crippen LogP contribution in [0.15, 0.2) is 48.5 Å². The highest BCUT2D eigenvalue weighted by molar-refractivity contribution is 5.85. The summed E-state index contributed by atoms with van der Waals surface area (Å²) in [4.78, 5) is 35.3. The third-order valence-electron chi connectivity index (χ3n) is 5.37. The van der Waals surface area contributed by atoms with Gasteiger partial charge in [0, 0.05) is 12.5 Å². The smallest absolute Gasteiger partial charge is 0.407 e. The van der Waals surface area contributed by atoms with E-state index in [0.717, 1.165) is 22.3 Å². The summed E-state index contributed by atoms with van der Waals surface area (Å²) in [6.45, 7) is 3.54. The van der Waals surface area contributed by atoms with Gasteiger partial charge in [0.2, 0.25) is 5.91 Å². The molecule has 0 aliphatic heterocycles. The minimum Gasteiger partial charge on any atom is -0.480 e. The van der Waals surface area contributed by atoms with Crippen molar-refractivity contribution in [3.8, 4) is 11.1 Å². The van der Waals surface area contributed by atoms with E-state index in [9.17, 15) is 14.4 Å². The lowest BCUT2D eigenvalue weighted by Gasteiger charge is -2.18. The third-order valence-corrected chi connectivity index (χ3v) is 5.37. The van der Waals surface area contributed by atoms with E-state index in [2.05, 4.69) is 22.8 Å². The van der Waals surface area contributed by atoms with Gasteiger partial charge in [0.15, 0.2) is 0 Å². The first-order valence-electron chi connectivity index (χ1n) is 10.0. The molecule has 1 aliphatic rings. The Morgan fingerprint density at radius 1 is 1.03 bits per heavy atom. The van der Waals surface area contributed by atoms with Gasteiger partial charge in [-0.25, -0.2) is 9.59 Å². The summed E-state index contributed by atoms with van der Waals surface area (Å²) in [5.41, 5.74) is 4.55. The minimum absolute atomic E-state index is 0.0373. The van der Waals surface area contributed by atoms with Crippen molar-refractivity contribution in [2.45, 2.75) is 32.2 Å². The lowest BCUT2D eigenvalue weighted by Crippen LogP contribution is -2.45. The van der Waals surface area contributed by atoms with Crippen molar-refractivity contribution in [1.29, 1.82) is 0 Å². The molecule has 30 heavy (non-hydrogen) atoms. The van der Waals surface area contributed by atoms with E-state index in [-0.39, 0.29) is 25.5 Å². The van der Waals surface area contributed by atoms with Crippen LogP contribution in [-0.2, 0) is 14.3 Å². The molecular formula is C23H26N2O5. The van der Waals surface area contributed by atoms with Crippen LogP contribution in [0.3, 0.4) is 0 Å². The second-order valence-electron chi connectivity index (χ2n) is 7.42. The topological polar surface area (TPSA) is 105 Å². The van der Waals surface area contributed by atoms with Crippen LogP contribution in [0.2, 0.25) is 0 Å². The Balaban J connectivity index is 1.53. The zero-order chi connectivity index (χ0) is 21.7. The predicted octanol–water partition coefficient (Wildman–Crippen LogP) is 3.14. The maximum Gasteiger partial charge on any atom is 0.407 e. The number of aliphatic carboxylic acids is 1. The normalized spacial score (nSPS) is 14.2. The van der Waals surface area contributed by atoms with Gasteiger partial charge in [-0.2, -0.15) is 0 Å². The Hall–Kier alpha value is -3.35. The molecule has 2 atom stereocenters. The SMILES string of the molecule is CC[C@H](NC(=O)C(C)CNC(=O)OCC1c2ccccc2-c2ccccc21)C(=O)O. The van der Waals surface area contributed by atoms with Gasteiger partial charge < -0.3 is 20.5 Å². The number of carbonyl (C=O) groups is 3. The van der Waals surface area contributed by atoms with Crippen LogP contribution >= 0.6 is 0 Å². The number of hydrogen-bond donors (Lipinski definition) is 3. The summed E-state index contributed by atoms with van der Waals surface area (Å²) in [5, 5.41) is 14.1. The summed E-state index contributed by atoms with van der Waals surface area (Å²) >= 11 is 0.